The summed E-state index contributed by atoms with van der Waals surface area (Å²) in [4.78, 5) is 7.17. The van der Waals surface area contributed by atoms with Gasteiger partial charge >= 0.3 is 0 Å². The quantitative estimate of drug-likeness (QED) is 0.866. The topological polar surface area (TPSA) is 52.5 Å². The van der Waals surface area contributed by atoms with E-state index in [9.17, 15) is 0 Å². The molecular formula is C9H5BrClN3. The molecule has 14 heavy (non-hydrogen) atoms. The molecule has 1 aromatic heterocycles. The number of imidazole rings is 1. The van der Waals surface area contributed by atoms with Gasteiger partial charge in [-0.1, -0.05) is 11.6 Å². The van der Waals surface area contributed by atoms with Gasteiger partial charge in [0.1, 0.15) is 5.52 Å². The number of aromatic nitrogens is 2. The van der Waals surface area contributed by atoms with E-state index in [4.69, 9.17) is 16.9 Å². The van der Waals surface area contributed by atoms with Crippen LogP contribution in [0.5, 0.6) is 0 Å². The fourth-order valence-electron chi connectivity index (χ4n) is 1.29. The molecule has 0 saturated heterocycles. The number of nitrogens with one attached hydrogen (secondary N) is 1. The molecule has 1 N–H and O–H groups in total. The highest BCUT2D eigenvalue weighted by atomic mass is 79.9. The molecule has 0 saturated carbocycles. The van der Waals surface area contributed by atoms with Gasteiger partial charge in [-0.3, -0.25) is 0 Å². The number of hydrogen-bond donors (Lipinski definition) is 1. The second kappa shape index (κ2) is 3.60. The van der Waals surface area contributed by atoms with Crippen LogP contribution in [0.3, 0.4) is 0 Å². The molecule has 0 radical (unpaired) electrons. The van der Waals surface area contributed by atoms with Gasteiger partial charge in [0, 0.05) is 0 Å². The fourth-order valence-corrected chi connectivity index (χ4v) is 1.97. The minimum atomic E-state index is 0.353. The van der Waals surface area contributed by atoms with Crippen LogP contribution in [0.4, 0.5) is 0 Å². The average molecular weight is 271 g/mol. The molecule has 0 atom stereocenters. The molecule has 1 heterocycles. The Bertz CT molecular complexity index is 527. The zero-order valence-corrected chi connectivity index (χ0v) is 9.35. The highest BCUT2D eigenvalue weighted by molar-refractivity contribution is 9.10. The van der Waals surface area contributed by atoms with Crippen molar-refractivity contribution in [1.29, 1.82) is 5.26 Å². The molecule has 2 rings (SSSR count). The van der Waals surface area contributed by atoms with Gasteiger partial charge in [0.2, 0.25) is 0 Å². The van der Waals surface area contributed by atoms with Gasteiger partial charge in [0.25, 0.3) is 0 Å². The zero-order chi connectivity index (χ0) is 10.1. The molecule has 0 aliphatic carbocycles. The van der Waals surface area contributed by atoms with E-state index in [-0.39, 0.29) is 0 Å². The summed E-state index contributed by atoms with van der Waals surface area (Å²) in [5.41, 5.74) is 2.45. The third-order valence-electron chi connectivity index (χ3n) is 1.85. The maximum atomic E-state index is 8.56. The number of nitrogens with zero attached hydrogens (tertiary/aromatic N) is 2. The van der Waals surface area contributed by atoms with Crippen LogP contribution in [-0.2, 0) is 6.42 Å². The summed E-state index contributed by atoms with van der Waals surface area (Å²) in [6.45, 7) is 0. The molecule has 0 amide bonds. The molecule has 0 unspecified atom stereocenters. The molecule has 70 valence electrons. The van der Waals surface area contributed by atoms with Gasteiger partial charge in [-0.2, -0.15) is 5.26 Å². The Morgan fingerprint density at radius 1 is 1.57 bits per heavy atom. The summed E-state index contributed by atoms with van der Waals surface area (Å²) in [7, 11) is 0. The summed E-state index contributed by atoms with van der Waals surface area (Å²) < 4.78 is 0.642. The van der Waals surface area contributed by atoms with E-state index in [1.807, 2.05) is 6.07 Å². The first-order chi connectivity index (χ1) is 6.70. The van der Waals surface area contributed by atoms with Crippen molar-refractivity contribution in [2.45, 2.75) is 6.42 Å². The lowest BCUT2D eigenvalue weighted by Gasteiger charge is -1.96. The number of rotatable bonds is 1. The first kappa shape index (κ1) is 9.50. The van der Waals surface area contributed by atoms with Gasteiger partial charge in [-0.15, -0.1) is 0 Å². The van der Waals surface area contributed by atoms with Crippen molar-refractivity contribution in [3.63, 3.8) is 0 Å². The van der Waals surface area contributed by atoms with Crippen LogP contribution < -0.4 is 0 Å². The largest absolute Gasteiger partial charge is 0.332 e. The van der Waals surface area contributed by atoms with Crippen molar-refractivity contribution in [2.24, 2.45) is 0 Å². The molecular weight excluding hydrogens is 265 g/mol. The van der Waals surface area contributed by atoms with Crippen molar-refractivity contribution >= 4 is 38.6 Å². The minimum Gasteiger partial charge on any atom is -0.332 e. The Hall–Kier alpha value is -1.05. The van der Waals surface area contributed by atoms with Gasteiger partial charge in [0.05, 0.1) is 23.0 Å². The average Bonchev–Trinajstić information content (AvgIpc) is 2.47. The lowest BCUT2D eigenvalue weighted by Crippen LogP contribution is -1.82. The standard InChI is InChI=1S/C9H5BrClN3/c10-9-13-7-4-5(1-2-12)3-6(11)8(7)14-9/h3-4H,1H2,(H,13,14). The normalized spacial score (nSPS) is 10.4. The second-order valence-electron chi connectivity index (χ2n) is 2.84. The SMILES string of the molecule is N#CCc1cc(Cl)c2nc(Br)[nH]c2c1. The van der Waals surface area contributed by atoms with Crippen LogP contribution in [0.25, 0.3) is 11.0 Å². The van der Waals surface area contributed by atoms with Gasteiger partial charge in [0.15, 0.2) is 4.73 Å². The van der Waals surface area contributed by atoms with Crippen LogP contribution in [0.15, 0.2) is 16.9 Å². The van der Waals surface area contributed by atoms with E-state index < -0.39 is 0 Å². The monoisotopic (exact) mass is 269 g/mol. The number of H-pyrrole nitrogens is 1. The molecule has 0 spiro atoms. The van der Waals surface area contributed by atoms with Gasteiger partial charge < -0.3 is 4.98 Å². The summed E-state index contributed by atoms with van der Waals surface area (Å²) in [5.74, 6) is 0. The summed E-state index contributed by atoms with van der Waals surface area (Å²) >= 11 is 9.23. The Morgan fingerprint density at radius 3 is 3.07 bits per heavy atom. The summed E-state index contributed by atoms with van der Waals surface area (Å²) in [6.07, 6.45) is 0.353. The van der Waals surface area contributed by atoms with Gasteiger partial charge in [-0.25, -0.2) is 4.98 Å². The number of aromatic amines is 1. The number of hydrogen-bond acceptors (Lipinski definition) is 2. The molecule has 5 heteroatoms. The van der Waals surface area contributed by atoms with E-state index in [0.29, 0.717) is 16.2 Å². The second-order valence-corrected chi connectivity index (χ2v) is 3.99. The van der Waals surface area contributed by atoms with Crippen LogP contribution in [0.1, 0.15) is 5.56 Å². The predicted octanol–water partition coefficient (Wildman–Crippen LogP) is 3.04. The molecule has 0 fully saturated rings. The van der Waals surface area contributed by atoms with E-state index in [2.05, 4.69) is 32.0 Å². The number of benzene rings is 1. The minimum absolute atomic E-state index is 0.353. The third-order valence-corrected chi connectivity index (χ3v) is 2.52. The molecule has 3 nitrogen and oxygen atoms in total. The van der Waals surface area contributed by atoms with E-state index in [1.54, 1.807) is 6.07 Å². The Balaban J connectivity index is 2.66. The Labute approximate surface area is 93.8 Å². The summed E-state index contributed by atoms with van der Waals surface area (Å²) in [5, 5.41) is 9.12. The zero-order valence-electron chi connectivity index (χ0n) is 7.01. The maximum absolute atomic E-state index is 8.56. The van der Waals surface area contributed by atoms with Crippen LogP contribution in [-0.4, -0.2) is 9.97 Å². The highest BCUT2D eigenvalue weighted by Gasteiger charge is 2.06. The highest BCUT2D eigenvalue weighted by Crippen LogP contribution is 2.25. The van der Waals surface area contributed by atoms with Crippen LogP contribution >= 0.6 is 27.5 Å². The fraction of sp³-hybridized carbons (Fsp3) is 0.111. The Morgan fingerprint density at radius 2 is 2.36 bits per heavy atom. The predicted molar refractivity (Wildman–Crippen MR) is 58.1 cm³/mol. The number of nitriles is 1. The molecule has 2 aromatic rings. The van der Waals surface area contributed by atoms with Crippen molar-refractivity contribution in [3.8, 4) is 6.07 Å². The molecule has 0 bridgehead atoms. The number of halogens is 2. The first-order valence-electron chi connectivity index (χ1n) is 3.91. The van der Waals surface area contributed by atoms with E-state index in [1.165, 1.54) is 0 Å². The lowest BCUT2D eigenvalue weighted by molar-refractivity contribution is 1.26. The van der Waals surface area contributed by atoms with Crippen LogP contribution in [0, 0.1) is 11.3 Å². The third kappa shape index (κ3) is 1.61. The van der Waals surface area contributed by atoms with Crippen molar-refractivity contribution in [1.82, 2.24) is 9.97 Å². The van der Waals surface area contributed by atoms with E-state index >= 15 is 0 Å². The number of fused-ring (bicyclic) bond motifs is 1. The van der Waals surface area contributed by atoms with Crippen molar-refractivity contribution < 1.29 is 0 Å². The smallest absolute Gasteiger partial charge is 0.175 e. The Kier molecular flexibility index (Phi) is 2.44. The first-order valence-corrected chi connectivity index (χ1v) is 5.08. The lowest BCUT2D eigenvalue weighted by atomic mass is 10.1. The van der Waals surface area contributed by atoms with E-state index in [0.717, 1.165) is 16.6 Å². The van der Waals surface area contributed by atoms with Gasteiger partial charge in [-0.05, 0) is 33.6 Å². The maximum Gasteiger partial charge on any atom is 0.175 e. The summed E-state index contributed by atoms with van der Waals surface area (Å²) in [6, 6.07) is 5.72. The molecule has 1 aromatic carbocycles. The van der Waals surface area contributed by atoms with Crippen molar-refractivity contribution in [3.05, 3.63) is 27.5 Å². The van der Waals surface area contributed by atoms with Crippen molar-refractivity contribution in [2.75, 3.05) is 0 Å². The van der Waals surface area contributed by atoms with Crippen LogP contribution in [0.2, 0.25) is 5.02 Å². The molecule has 0 aliphatic rings. The molecule has 0 aliphatic heterocycles.